The minimum Gasteiger partial charge on any atom is -0.507 e. The lowest BCUT2D eigenvalue weighted by molar-refractivity contribution is -0.120. The Balaban J connectivity index is 1.89. The molecule has 8 nitrogen and oxygen atoms in total. The molecule has 0 unspecified atom stereocenters. The van der Waals surface area contributed by atoms with Gasteiger partial charge in [-0.1, -0.05) is 15.9 Å². The fourth-order valence-electron chi connectivity index (χ4n) is 2.08. The van der Waals surface area contributed by atoms with E-state index >= 15 is 0 Å². The largest absolute Gasteiger partial charge is 0.507 e. The third kappa shape index (κ3) is 5.71. The number of aromatic hydroxyl groups is 1. The van der Waals surface area contributed by atoms with Crippen LogP contribution in [0.1, 0.15) is 15.9 Å². The molecule has 2 aromatic carbocycles. The van der Waals surface area contributed by atoms with Gasteiger partial charge in [0.25, 0.3) is 11.8 Å². The fraction of sp³-hybridized carbons (Fsp3) is 0.167. The Morgan fingerprint density at radius 2 is 1.89 bits per heavy atom. The van der Waals surface area contributed by atoms with Gasteiger partial charge >= 0.3 is 0 Å². The Morgan fingerprint density at radius 3 is 2.59 bits per heavy atom. The van der Waals surface area contributed by atoms with Gasteiger partial charge in [0, 0.05) is 15.6 Å². The number of halogens is 1. The Hall–Kier alpha value is -3.07. The lowest BCUT2D eigenvalue weighted by atomic mass is 10.2. The molecule has 2 rings (SSSR count). The predicted octanol–water partition coefficient (Wildman–Crippen LogP) is 2.05. The lowest BCUT2D eigenvalue weighted by Gasteiger charge is -2.09. The monoisotopic (exact) mass is 435 g/mol. The molecule has 0 atom stereocenters. The van der Waals surface area contributed by atoms with Crippen molar-refractivity contribution in [3.8, 4) is 17.2 Å². The van der Waals surface area contributed by atoms with Gasteiger partial charge in [0.15, 0.2) is 11.5 Å². The highest BCUT2D eigenvalue weighted by molar-refractivity contribution is 9.10. The summed E-state index contributed by atoms with van der Waals surface area (Å²) in [5.74, 6) is -0.0304. The highest BCUT2D eigenvalue weighted by Crippen LogP contribution is 2.27. The maximum Gasteiger partial charge on any atom is 0.259 e. The number of nitrogens with one attached hydrogen (secondary N) is 2. The van der Waals surface area contributed by atoms with Crippen molar-refractivity contribution < 1.29 is 24.2 Å². The number of ether oxygens (including phenoxy) is 2. The van der Waals surface area contributed by atoms with Gasteiger partial charge in [0.2, 0.25) is 0 Å². The molecular weight excluding hydrogens is 418 g/mol. The number of carbonyl (C=O) groups is 2. The SMILES string of the molecule is COc1ccc(C(=O)NCC(=O)N/N=C/c2cc(Br)ccc2O)cc1OC. The molecule has 142 valence electrons. The Labute approximate surface area is 164 Å². The van der Waals surface area contributed by atoms with Crippen LogP contribution in [0.2, 0.25) is 0 Å². The van der Waals surface area contributed by atoms with Crippen molar-refractivity contribution in [2.45, 2.75) is 0 Å². The summed E-state index contributed by atoms with van der Waals surface area (Å²) in [4.78, 5) is 23.9. The predicted molar refractivity (Wildman–Crippen MR) is 103 cm³/mol. The van der Waals surface area contributed by atoms with Crippen LogP contribution in [0.4, 0.5) is 0 Å². The molecule has 2 amide bonds. The van der Waals surface area contributed by atoms with Crippen molar-refractivity contribution in [3.05, 3.63) is 52.0 Å². The zero-order valence-corrected chi connectivity index (χ0v) is 16.2. The van der Waals surface area contributed by atoms with Crippen LogP contribution < -0.4 is 20.2 Å². The van der Waals surface area contributed by atoms with Crippen LogP contribution in [-0.4, -0.2) is 43.9 Å². The fourth-order valence-corrected chi connectivity index (χ4v) is 2.46. The van der Waals surface area contributed by atoms with Crippen molar-refractivity contribution in [2.24, 2.45) is 5.10 Å². The molecule has 0 heterocycles. The Bertz CT molecular complexity index is 870. The summed E-state index contributed by atoms with van der Waals surface area (Å²) in [6, 6.07) is 9.49. The molecule has 0 bridgehead atoms. The number of benzene rings is 2. The topological polar surface area (TPSA) is 109 Å². The number of hydrazone groups is 1. The molecule has 0 fully saturated rings. The molecule has 0 aliphatic carbocycles. The number of phenols is 1. The summed E-state index contributed by atoms with van der Waals surface area (Å²) in [7, 11) is 2.96. The molecule has 27 heavy (non-hydrogen) atoms. The molecule has 0 aliphatic heterocycles. The van der Waals surface area contributed by atoms with E-state index in [0.29, 0.717) is 22.6 Å². The lowest BCUT2D eigenvalue weighted by Crippen LogP contribution is -2.34. The molecule has 0 aliphatic rings. The number of nitrogens with zero attached hydrogens (tertiary/aromatic N) is 1. The highest BCUT2D eigenvalue weighted by Gasteiger charge is 2.11. The zero-order chi connectivity index (χ0) is 19.8. The second-order valence-corrected chi connectivity index (χ2v) is 6.16. The number of rotatable bonds is 7. The van der Waals surface area contributed by atoms with E-state index in [2.05, 4.69) is 31.8 Å². The second kappa shape index (κ2) is 9.58. The number of hydrogen-bond acceptors (Lipinski definition) is 6. The van der Waals surface area contributed by atoms with Crippen molar-refractivity contribution in [2.75, 3.05) is 20.8 Å². The first-order valence-corrected chi connectivity index (χ1v) is 8.54. The van der Waals surface area contributed by atoms with Crippen LogP contribution in [0.3, 0.4) is 0 Å². The van der Waals surface area contributed by atoms with Crippen molar-refractivity contribution in [3.63, 3.8) is 0 Å². The van der Waals surface area contributed by atoms with Crippen LogP contribution in [0, 0.1) is 0 Å². The van der Waals surface area contributed by atoms with Crippen LogP contribution in [-0.2, 0) is 4.79 Å². The summed E-state index contributed by atoms with van der Waals surface area (Å²) >= 11 is 3.27. The Kier molecular flexibility index (Phi) is 7.18. The molecular formula is C18H18BrN3O5. The van der Waals surface area contributed by atoms with E-state index in [1.54, 1.807) is 24.3 Å². The van der Waals surface area contributed by atoms with E-state index in [4.69, 9.17) is 9.47 Å². The molecule has 3 N–H and O–H groups in total. The summed E-state index contributed by atoms with van der Waals surface area (Å²) in [6.07, 6.45) is 1.30. The molecule has 0 radical (unpaired) electrons. The first-order chi connectivity index (χ1) is 12.9. The van der Waals surface area contributed by atoms with Gasteiger partial charge in [0.05, 0.1) is 27.0 Å². The normalized spacial score (nSPS) is 10.5. The average molecular weight is 436 g/mol. The second-order valence-electron chi connectivity index (χ2n) is 5.25. The molecule has 0 saturated heterocycles. The molecule has 0 aromatic heterocycles. The Morgan fingerprint density at radius 1 is 1.15 bits per heavy atom. The molecule has 0 spiro atoms. The number of methoxy groups -OCH3 is 2. The van der Waals surface area contributed by atoms with E-state index in [1.807, 2.05) is 0 Å². The molecule has 0 saturated carbocycles. The standard InChI is InChI=1S/C18H18BrN3O5/c1-26-15-6-3-11(8-16(15)27-2)18(25)20-10-17(24)22-21-9-12-7-13(19)4-5-14(12)23/h3-9,23H,10H2,1-2H3,(H,20,25)(H,22,24)/b21-9+. The molecule has 2 aromatic rings. The summed E-state index contributed by atoms with van der Waals surface area (Å²) in [6.45, 7) is -0.269. The smallest absolute Gasteiger partial charge is 0.259 e. The average Bonchev–Trinajstić information content (AvgIpc) is 2.68. The van der Waals surface area contributed by atoms with Gasteiger partial charge in [0.1, 0.15) is 5.75 Å². The van der Waals surface area contributed by atoms with Crippen LogP contribution in [0.25, 0.3) is 0 Å². The number of carbonyl (C=O) groups excluding carboxylic acids is 2. The van der Waals surface area contributed by atoms with Gasteiger partial charge in [-0.25, -0.2) is 5.43 Å². The van der Waals surface area contributed by atoms with Gasteiger partial charge < -0.3 is 19.9 Å². The maximum atomic E-state index is 12.1. The quantitative estimate of drug-likeness (QED) is 0.455. The van der Waals surface area contributed by atoms with Gasteiger partial charge in [-0.05, 0) is 36.4 Å². The maximum absolute atomic E-state index is 12.1. The summed E-state index contributed by atoms with van der Waals surface area (Å²) < 4.78 is 11.0. The minimum absolute atomic E-state index is 0.0259. The van der Waals surface area contributed by atoms with E-state index in [1.165, 1.54) is 32.6 Å². The van der Waals surface area contributed by atoms with Crippen LogP contribution in [0.15, 0.2) is 46.0 Å². The van der Waals surface area contributed by atoms with Crippen LogP contribution >= 0.6 is 15.9 Å². The number of phenolic OH excluding ortho intramolecular Hbond substituents is 1. The van der Waals surface area contributed by atoms with Gasteiger partial charge in [-0.15, -0.1) is 0 Å². The zero-order valence-electron chi connectivity index (χ0n) is 14.7. The third-order valence-corrected chi connectivity index (χ3v) is 3.93. The first-order valence-electron chi connectivity index (χ1n) is 7.75. The van der Waals surface area contributed by atoms with Crippen molar-refractivity contribution >= 4 is 34.0 Å². The van der Waals surface area contributed by atoms with Crippen molar-refractivity contribution in [1.29, 1.82) is 0 Å². The van der Waals surface area contributed by atoms with Gasteiger partial charge in [-0.2, -0.15) is 5.10 Å². The number of amides is 2. The van der Waals surface area contributed by atoms with E-state index < -0.39 is 11.8 Å². The van der Waals surface area contributed by atoms with Gasteiger partial charge in [-0.3, -0.25) is 9.59 Å². The van der Waals surface area contributed by atoms with Crippen LogP contribution in [0.5, 0.6) is 17.2 Å². The van der Waals surface area contributed by atoms with E-state index in [9.17, 15) is 14.7 Å². The minimum atomic E-state index is -0.519. The van der Waals surface area contributed by atoms with Crippen molar-refractivity contribution in [1.82, 2.24) is 10.7 Å². The third-order valence-electron chi connectivity index (χ3n) is 3.44. The highest BCUT2D eigenvalue weighted by atomic mass is 79.9. The first kappa shape index (κ1) is 20.2. The summed E-state index contributed by atoms with van der Waals surface area (Å²) in [5, 5.41) is 15.9. The summed E-state index contributed by atoms with van der Waals surface area (Å²) in [5.41, 5.74) is 3.02. The molecule has 9 heteroatoms. The van der Waals surface area contributed by atoms with E-state index in [-0.39, 0.29) is 12.3 Å². The number of hydrogen-bond donors (Lipinski definition) is 3. The van der Waals surface area contributed by atoms with E-state index in [0.717, 1.165) is 4.47 Å².